The molecule has 8 nitrogen and oxygen atoms in total. The molecule has 0 fully saturated rings. The van der Waals surface area contributed by atoms with E-state index in [0.29, 0.717) is 11.1 Å². The number of hydrogen-bond donors (Lipinski definition) is 4. The first-order valence-corrected chi connectivity index (χ1v) is 11.9. The standard InChI is InChI=1S/C18H28N6O2S2/c1-12(2)10-15(11-25)20-16-21-17(24-28(4,19)26)23-18(22-16)27-13(3)14-8-6-5-7-9-14/h5-9,12-13,15,25H,10-11H2,1-4H3,(H3,19,20,21,22,23,24,26)/t13?,15-,28?/m1/s1. The first-order chi connectivity index (χ1) is 13.2. The Morgan fingerprint density at radius 1 is 1.14 bits per heavy atom. The van der Waals surface area contributed by atoms with Crippen LogP contribution >= 0.6 is 11.8 Å². The van der Waals surface area contributed by atoms with E-state index in [1.807, 2.05) is 37.3 Å². The number of rotatable bonds is 10. The highest BCUT2D eigenvalue weighted by molar-refractivity contribution is 7.99. The molecule has 28 heavy (non-hydrogen) atoms. The average Bonchev–Trinajstić information content (AvgIpc) is 2.59. The van der Waals surface area contributed by atoms with Crippen molar-refractivity contribution in [2.24, 2.45) is 5.92 Å². The minimum atomic E-state index is -3.03. The van der Waals surface area contributed by atoms with Gasteiger partial charge in [-0.15, -0.1) is 0 Å². The van der Waals surface area contributed by atoms with Crippen LogP contribution < -0.4 is 10.0 Å². The van der Waals surface area contributed by atoms with Gasteiger partial charge in [0.2, 0.25) is 11.9 Å². The third-order valence-electron chi connectivity index (χ3n) is 3.76. The molecule has 0 bridgehead atoms. The molecule has 1 aromatic heterocycles. The molecule has 10 heteroatoms. The summed E-state index contributed by atoms with van der Waals surface area (Å²) in [6.45, 7) is 6.13. The Morgan fingerprint density at radius 2 is 1.79 bits per heavy atom. The summed E-state index contributed by atoms with van der Waals surface area (Å²) >= 11 is 1.44. The molecule has 4 N–H and O–H groups in total. The van der Waals surface area contributed by atoms with Crippen LogP contribution in [0.4, 0.5) is 11.9 Å². The van der Waals surface area contributed by atoms with Gasteiger partial charge in [-0.1, -0.05) is 55.9 Å². The van der Waals surface area contributed by atoms with Gasteiger partial charge < -0.3 is 10.4 Å². The largest absolute Gasteiger partial charge is 0.394 e. The molecular weight excluding hydrogens is 396 g/mol. The number of aliphatic hydroxyl groups is 1. The van der Waals surface area contributed by atoms with E-state index < -0.39 is 9.92 Å². The van der Waals surface area contributed by atoms with E-state index in [-0.39, 0.29) is 29.8 Å². The highest BCUT2D eigenvalue weighted by Gasteiger charge is 2.16. The van der Waals surface area contributed by atoms with Crippen molar-refractivity contribution in [3.05, 3.63) is 35.9 Å². The smallest absolute Gasteiger partial charge is 0.241 e. The molecular formula is C18H28N6O2S2. The van der Waals surface area contributed by atoms with Crippen molar-refractivity contribution in [1.82, 2.24) is 15.0 Å². The van der Waals surface area contributed by atoms with Crippen LogP contribution in [0.1, 0.15) is 38.0 Å². The van der Waals surface area contributed by atoms with Crippen LogP contribution in [0.3, 0.4) is 0 Å². The van der Waals surface area contributed by atoms with Crippen molar-refractivity contribution < 1.29 is 9.32 Å². The van der Waals surface area contributed by atoms with Crippen LogP contribution in [0.2, 0.25) is 0 Å². The maximum absolute atomic E-state index is 11.8. The zero-order valence-electron chi connectivity index (χ0n) is 16.5. The molecule has 3 atom stereocenters. The predicted molar refractivity (Wildman–Crippen MR) is 115 cm³/mol. The number of anilines is 2. The summed E-state index contributed by atoms with van der Waals surface area (Å²) < 4.78 is 22.0. The summed E-state index contributed by atoms with van der Waals surface area (Å²) in [5, 5.41) is 13.3. The Hall–Kier alpha value is -1.91. The molecule has 0 saturated carbocycles. The number of nitrogens with zero attached hydrogens (tertiary/aromatic N) is 3. The fourth-order valence-electron chi connectivity index (χ4n) is 2.57. The number of aromatic nitrogens is 3. The topological polar surface area (TPSA) is 124 Å². The summed E-state index contributed by atoms with van der Waals surface area (Å²) in [5.74, 6) is 0.742. The summed E-state index contributed by atoms with van der Waals surface area (Å²) in [5.41, 5.74) is 1.13. The predicted octanol–water partition coefficient (Wildman–Crippen LogP) is 3.55. The zero-order chi connectivity index (χ0) is 20.7. The first-order valence-electron chi connectivity index (χ1n) is 9.03. The lowest BCUT2D eigenvalue weighted by atomic mass is 10.0. The SMILES string of the molecule is CC(C)C[C@H](CO)Nc1nc(NS(C)(=N)=O)nc(SC(C)c2ccccc2)n1. The Morgan fingerprint density at radius 3 is 2.36 bits per heavy atom. The van der Waals surface area contributed by atoms with Gasteiger partial charge in [-0.25, -0.2) is 8.99 Å². The molecule has 0 aliphatic heterocycles. The average molecular weight is 425 g/mol. The number of hydrogen-bond acceptors (Lipinski definition) is 8. The molecule has 2 aromatic rings. The van der Waals surface area contributed by atoms with Gasteiger partial charge in [0, 0.05) is 11.5 Å². The summed E-state index contributed by atoms with van der Waals surface area (Å²) in [4.78, 5) is 13.0. The summed E-state index contributed by atoms with van der Waals surface area (Å²) in [7, 11) is -3.03. The monoisotopic (exact) mass is 424 g/mol. The van der Waals surface area contributed by atoms with Crippen molar-refractivity contribution in [2.75, 3.05) is 22.9 Å². The fourth-order valence-corrected chi connectivity index (χ4v) is 3.90. The Balaban J connectivity index is 2.28. The van der Waals surface area contributed by atoms with Gasteiger partial charge in [-0.2, -0.15) is 15.0 Å². The molecule has 0 radical (unpaired) electrons. The Kier molecular flexibility index (Phi) is 8.02. The van der Waals surface area contributed by atoms with Crippen molar-refractivity contribution in [2.45, 2.75) is 43.6 Å². The third kappa shape index (κ3) is 7.61. The Bertz CT molecular complexity index is 862. The van der Waals surface area contributed by atoms with Crippen LogP contribution in [-0.4, -0.2) is 43.2 Å². The van der Waals surface area contributed by atoms with Crippen LogP contribution in [0.15, 0.2) is 35.5 Å². The van der Waals surface area contributed by atoms with Gasteiger partial charge in [0.15, 0.2) is 5.16 Å². The molecule has 0 spiro atoms. The second-order valence-corrected chi connectivity index (χ2v) is 10.2. The zero-order valence-corrected chi connectivity index (χ0v) is 18.2. The molecule has 1 aromatic carbocycles. The highest BCUT2D eigenvalue weighted by Crippen LogP contribution is 2.33. The normalized spacial score (nSPS) is 15.6. The molecule has 2 rings (SSSR count). The maximum Gasteiger partial charge on any atom is 0.241 e. The lowest BCUT2D eigenvalue weighted by molar-refractivity contribution is 0.259. The van der Waals surface area contributed by atoms with Crippen LogP contribution in [-0.2, 0) is 9.92 Å². The van der Waals surface area contributed by atoms with E-state index in [1.54, 1.807) is 0 Å². The molecule has 154 valence electrons. The Labute approximate surface area is 171 Å². The van der Waals surface area contributed by atoms with Crippen molar-refractivity contribution in [1.29, 1.82) is 4.78 Å². The van der Waals surface area contributed by atoms with Gasteiger partial charge >= 0.3 is 0 Å². The highest BCUT2D eigenvalue weighted by atomic mass is 32.2. The number of aliphatic hydroxyl groups excluding tert-OH is 1. The van der Waals surface area contributed by atoms with E-state index in [1.165, 1.54) is 18.0 Å². The van der Waals surface area contributed by atoms with Gasteiger partial charge in [-0.3, -0.25) is 4.72 Å². The second-order valence-electron chi connectivity index (χ2n) is 7.04. The molecule has 0 aliphatic rings. The van der Waals surface area contributed by atoms with Gasteiger partial charge in [0.05, 0.1) is 12.6 Å². The van der Waals surface area contributed by atoms with Crippen LogP contribution in [0.25, 0.3) is 0 Å². The third-order valence-corrected chi connectivity index (χ3v) is 5.35. The molecule has 0 aliphatic carbocycles. The first kappa shape index (κ1) is 22.4. The van der Waals surface area contributed by atoms with Gasteiger partial charge in [0.25, 0.3) is 0 Å². The number of nitrogens with one attached hydrogen (secondary N) is 3. The number of benzene rings is 1. The second kappa shape index (κ2) is 10.0. The summed E-state index contributed by atoms with van der Waals surface area (Å²) in [6.07, 6.45) is 2.01. The lowest BCUT2D eigenvalue weighted by Gasteiger charge is -2.19. The molecule has 0 saturated heterocycles. The van der Waals surface area contributed by atoms with E-state index >= 15 is 0 Å². The van der Waals surface area contributed by atoms with Crippen molar-refractivity contribution in [3.63, 3.8) is 0 Å². The molecule has 0 amide bonds. The van der Waals surface area contributed by atoms with E-state index in [9.17, 15) is 9.32 Å². The van der Waals surface area contributed by atoms with E-state index in [2.05, 4.69) is 38.8 Å². The fraction of sp³-hybridized carbons (Fsp3) is 0.500. The van der Waals surface area contributed by atoms with Crippen LogP contribution in [0.5, 0.6) is 0 Å². The van der Waals surface area contributed by atoms with E-state index in [0.717, 1.165) is 12.0 Å². The van der Waals surface area contributed by atoms with Crippen molar-refractivity contribution in [3.8, 4) is 0 Å². The lowest BCUT2D eigenvalue weighted by Crippen LogP contribution is -2.27. The molecule has 1 heterocycles. The van der Waals surface area contributed by atoms with Gasteiger partial charge in [-0.05, 0) is 24.8 Å². The maximum atomic E-state index is 11.8. The van der Waals surface area contributed by atoms with Crippen LogP contribution in [0, 0.1) is 10.7 Å². The van der Waals surface area contributed by atoms with Gasteiger partial charge in [0.1, 0.15) is 9.92 Å². The van der Waals surface area contributed by atoms with E-state index in [4.69, 9.17) is 4.78 Å². The quantitative estimate of drug-likeness (QED) is 0.430. The summed E-state index contributed by atoms with van der Waals surface area (Å²) in [6, 6.07) is 9.77. The minimum Gasteiger partial charge on any atom is -0.394 e. The minimum absolute atomic E-state index is 0.0571. The van der Waals surface area contributed by atoms with Crippen molar-refractivity contribution >= 4 is 33.6 Å². The molecule has 2 unspecified atom stereocenters. The number of thioether (sulfide) groups is 1.